The number of rotatable bonds is 3. The highest BCUT2D eigenvalue weighted by molar-refractivity contribution is 5.95. The lowest BCUT2D eigenvalue weighted by Gasteiger charge is -2.01. The Balaban J connectivity index is 1.94. The van der Waals surface area contributed by atoms with Crippen molar-refractivity contribution in [2.75, 3.05) is 0 Å². The molecule has 1 aromatic carbocycles. The maximum atomic E-state index is 11.3. The monoisotopic (exact) mass is 280 g/mol. The number of nitrogens with zero attached hydrogens (tertiary/aromatic N) is 2. The first-order valence-corrected chi connectivity index (χ1v) is 6.63. The van der Waals surface area contributed by atoms with Gasteiger partial charge in [0.25, 0.3) is 5.91 Å². The second kappa shape index (κ2) is 4.94. The van der Waals surface area contributed by atoms with Crippen LogP contribution in [0.3, 0.4) is 0 Å². The quantitative estimate of drug-likeness (QED) is 0.773. The Labute approximate surface area is 122 Å². The Morgan fingerprint density at radius 3 is 2.38 bits per heavy atom. The Morgan fingerprint density at radius 1 is 1.19 bits per heavy atom. The fourth-order valence-electron chi connectivity index (χ4n) is 2.38. The zero-order valence-electron chi connectivity index (χ0n) is 11.9. The average Bonchev–Trinajstić information content (AvgIpc) is 3.05. The molecule has 2 heterocycles. The predicted molar refractivity (Wildman–Crippen MR) is 81.7 cm³/mol. The molecule has 3 aromatic rings. The third-order valence-corrected chi connectivity index (χ3v) is 3.51. The zero-order valence-corrected chi connectivity index (χ0v) is 11.9. The smallest absolute Gasteiger partial charge is 0.250 e. The molecular formula is C16H16N4O. The van der Waals surface area contributed by atoms with Gasteiger partial charge in [0.1, 0.15) is 0 Å². The van der Waals surface area contributed by atoms with Crippen LogP contribution >= 0.6 is 0 Å². The van der Waals surface area contributed by atoms with Gasteiger partial charge in [-0.15, -0.1) is 0 Å². The molecule has 21 heavy (non-hydrogen) atoms. The molecule has 0 saturated heterocycles. The number of nitrogens with two attached hydrogens (primary N) is 1. The van der Waals surface area contributed by atoms with Crippen molar-refractivity contribution in [2.45, 2.75) is 6.92 Å². The van der Waals surface area contributed by atoms with Gasteiger partial charge in [-0.3, -0.25) is 9.48 Å². The van der Waals surface area contributed by atoms with Crippen molar-refractivity contribution in [3.63, 3.8) is 0 Å². The first-order chi connectivity index (χ1) is 10.0. The van der Waals surface area contributed by atoms with E-state index in [1.54, 1.807) is 10.7 Å². The lowest BCUT2D eigenvalue weighted by atomic mass is 10.1. The van der Waals surface area contributed by atoms with Crippen molar-refractivity contribution in [2.24, 2.45) is 12.8 Å². The number of hydrogen-bond donors (Lipinski definition) is 2. The number of H-pyrrole nitrogens is 1. The van der Waals surface area contributed by atoms with Crippen LogP contribution in [0.1, 0.15) is 16.1 Å². The SMILES string of the molecule is Cc1[nH]c(-c2ccc(-c3cnn(C)c3)cc2)cc1C(N)=O. The fourth-order valence-corrected chi connectivity index (χ4v) is 2.38. The van der Waals surface area contributed by atoms with Gasteiger partial charge in [-0.05, 0) is 24.1 Å². The summed E-state index contributed by atoms with van der Waals surface area (Å²) >= 11 is 0. The van der Waals surface area contributed by atoms with Crippen LogP contribution in [0.4, 0.5) is 0 Å². The largest absolute Gasteiger partial charge is 0.366 e. The van der Waals surface area contributed by atoms with E-state index in [4.69, 9.17) is 5.73 Å². The van der Waals surface area contributed by atoms with Crippen molar-refractivity contribution >= 4 is 5.91 Å². The zero-order chi connectivity index (χ0) is 15.0. The highest BCUT2D eigenvalue weighted by Crippen LogP contribution is 2.25. The number of hydrogen-bond acceptors (Lipinski definition) is 2. The van der Waals surface area contributed by atoms with Crippen LogP contribution in [0.2, 0.25) is 0 Å². The fraction of sp³-hybridized carbons (Fsp3) is 0.125. The summed E-state index contributed by atoms with van der Waals surface area (Å²) in [7, 11) is 1.89. The predicted octanol–water partition coefficient (Wildman–Crippen LogP) is 2.49. The summed E-state index contributed by atoms with van der Waals surface area (Å²) in [5.74, 6) is -0.415. The topological polar surface area (TPSA) is 76.7 Å². The molecule has 0 atom stereocenters. The van der Waals surface area contributed by atoms with E-state index in [9.17, 15) is 4.79 Å². The Hall–Kier alpha value is -2.82. The summed E-state index contributed by atoms with van der Waals surface area (Å²) in [5.41, 5.74) is 10.7. The Kier molecular flexibility index (Phi) is 3.10. The van der Waals surface area contributed by atoms with Gasteiger partial charge in [-0.2, -0.15) is 5.10 Å². The van der Waals surface area contributed by atoms with Crippen LogP contribution in [-0.4, -0.2) is 20.7 Å². The van der Waals surface area contributed by atoms with Crippen LogP contribution < -0.4 is 5.73 Å². The van der Waals surface area contributed by atoms with E-state index in [0.717, 1.165) is 28.1 Å². The van der Waals surface area contributed by atoms with Gasteiger partial charge < -0.3 is 10.7 Å². The number of aryl methyl sites for hydroxylation is 2. The van der Waals surface area contributed by atoms with Gasteiger partial charge in [0.05, 0.1) is 11.8 Å². The molecule has 0 aliphatic rings. The van der Waals surface area contributed by atoms with Crippen molar-refractivity contribution < 1.29 is 4.79 Å². The molecule has 3 rings (SSSR count). The third kappa shape index (κ3) is 2.45. The minimum Gasteiger partial charge on any atom is -0.366 e. The molecule has 3 N–H and O–H groups in total. The molecule has 0 fully saturated rings. The minimum atomic E-state index is -0.415. The van der Waals surface area contributed by atoms with Gasteiger partial charge in [-0.25, -0.2) is 0 Å². The van der Waals surface area contributed by atoms with E-state index < -0.39 is 5.91 Å². The summed E-state index contributed by atoms with van der Waals surface area (Å²) in [6.07, 6.45) is 3.80. The number of aromatic amines is 1. The van der Waals surface area contributed by atoms with Gasteiger partial charge in [0.2, 0.25) is 0 Å². The molecule has 2 aromatic heterocycles. The number of benzene rings is 1. The van der Waals surface area contributed by atoms with Crippen molar-refractivity contribution in [1.29, 1.82) is 0 Å². The highest BCUT2D eigenvalue weighted by Gasteiger charge is 2.10. The van der Waals surface area contributed by atoms with E-state index >= 15 is 0 Å². The summed E-state index contributed by atoms with van der Waals surface area (Å²) in [6.45, 7) is 1.84. The molecule has 0 aliphatic heterocycles. The van der Waals surface area contributed by atoms with Gasteiger partial charge >= 0.3 is 0 Å². The maximum absolute atomic E-state index is 11.3. The average molecular weight is 280 g/mol. The molecule has 5 heteroatoms. The maximum Gasteiger partial charge on any atom is 0.250 e. The van der Waals surface area contributed by atoms with E-state index in [1.165, 1.54) is 0 Å². The molecule has 5 nitrogen and oxygen atoms in total. The van der Waals surface area contributed by atoms with Crippen molar-refractivity contribution in [3.8, 4) is 22.4 Å². The van der Waals surface area contributed by atoms with Crippen LogP contribution in [0.5, 0.6) is 0 Å². The molecular weight excluding hydrogens is 264 g/mol. The van der Waals surface area contributed by atoms with Crippen molar-refractivity contribution in [3.05, 3.63) is 54.0 Å². The first kappa shape index (κ1) is 13.2. The third-order valence-electron chi connectivity index (χ3n) is 3.51. The summed E-state index contributed by atoms with van der Waals surface area (Å²) in [6, 6.07) is 9.88. The van der Waals surface area contributed by atoms with Gasteiger partial charge in [0.15, 0.2) is 0 Å². The van der Waals surface area contributed by atoms with Crippen LogP contribution in [-0.2, 0) is 7.05 Å². The number of carbonyl (C=O) groups excluding carboxylic acids is 1. The normalized spacial score (nSPS) is 10.8. The number of nitrogens with one attached hydrogen (secondary N) is 1. The summed E-state index contributed by atoms with van der Waals surface area (Å²) in [4.78, 5) is 14.5. The molecule has 0 bridgehead atoms. The Morgan fingerprint density at radius 2 is 1.86 bits per heavy atom. The van der Waals surface area contributed by atoms with E-state index in [-0.39, 0.29) is 0 Å². The number of amides is 1. The number of aromatic nitrogens is 3. The van der Waals surface area contributed by atoms with Crippen LogP contribution in [0.15, 0.2) is 42.7 Å². The van der Waals surface area contributed by atoms with E-state index in [0.29, 0.717) is 5.56 Å². The van der Waals surface area contributed by atoms with E-state index in [2.05, 4.69) is 10.1 Å². The molecule has 0 saturated carbocycles. The second-order valence-electron chi connectivity index (χ2n) is 5.07. The summed E-state index contributed by atoms with van der Waals surface area (Å²) in [5, 5.41) is 4.17. The lowest BCUT2D eigenvalue weighted by Crippen LogP contribution is -2.10. The molecule has 1 amide bonds. The minimum absolute atomic E-state index is 0.415. The van der Waals surface area contributed by atoms with Crippen LogP contribution in [0, 0.1) is 6.92 Å². The molecule has 0 unspecified atom stereocenters. The lowest BCUT2D eigenvalue weighted by molar-refractivity contribution is 0.1000. The Bertz CT molecular complexity index is 796. The first-order valence-electron chi connectivity index (χ1n) is 6.63. The van der Waals surface area contributed by atoms with Gasteiger partial charge in [-0.1, -0.05) is 24.3 Å². The number of primary amides is 1. The molecule has 106 valence electrons. The second-order valence-corrected chi connectivity index (χ2v) is 5.07. The van der Waals surface area contributed by atoms with Gasteiger partial charge in [0, 0.05) is 30.2 Å². The summed E-state index contributed by atoms with van der Waals surface area (Å²) < 4.78 is 1.77. The molecule has 0 radical (unpaired) electrons. The molecule has 0 spiro atoms. The number of carbonyl (C=O) groups is 1. The molecule has 0 aliphatic carbocycles. The van der Waals surface area contributed by atoms with E-state index in [1.807, 2.05) is 50.6 Å². The highest BCUT2D eigenvalue weighted by atomic mass is 16.1. The van der Waals surface area contributed by atoms with Crippen LogP contribution in [0.25, 0.3) is 22.4 Å². The van der Waals surface area contributed by atoms with Crippen molar-refractivity contribution in [1.82, 2.24) is 14.8 Å². The standard InChI is InChI=1S/C16H16N4O/c1-10-14(16(17)21)7-15(19-10)12-5-3-11(4-6-12)13-8-18-20(2)9-13/h3-9,19H,1-2H3,(H2,17,21).